The zero-order chi connectivity index (χ0) is 29.1. The van der Waals surface area contributed by atoms with Gasteiger partial charge in [0.15, 0.2) is 11.5 Å². The van der Waals surface area contributed by atoms with E-state index in [2.05, 4.69) is 5.32 Å². The van der Waals surface area contributed by atoms with Gasteiger partial charge in [0.2, 0.25) is 5.91 Å². The number of carbonyl (C=O) groups is 1. The summed E-state index contributed by atoms with van der Waals surface area (Å²) >= 11 is 7.67. The van der Waals surface area contributed by atoms with E-state index >= 15 is 0 Å². The van der Waals surface area contributed by atoms with Crippen LogP contribution in [0.2, 0.25) is 5.02 Å². The number of hydrogen-bond acceptors (Lipinski definition) is 8. The molecule has 0 fully saturated rings. The second-order valence-corrected chi connectivity index (χ2v) is 11.9. The number of halogens is 1. The van der Waals surface area contributed by atoms with Gasteiger partial charge in [0.1, 0.15) is 18.0 Å². The maximum absolute atomic E-state index is 13.9. The second-order valence-electron chi connectivity index (χ2n) is 8.45. The predicted octanol–water partition coefficient (Wildman–Crippen LogP) is 5.01. The average Bonchev–Trinajstić information content (AvgIpc) is 2.97. The van der Waals surface area contributed by atoms with Gasteiger partial charge in [-0.3, -0.25) is 9.10 Å². The molecular formula is C28H33ClN2O7S2. The Kier molecular flexibility index (Phi) is 11.7. The van der Waals surface area contributed by atoms with Crippen LogP contribution in [0.5, 0.6) is 23.0 Å². The van der Waals surface area contributed by atoms with Crippen molar-refractivity contribution >= 4 is 45.0 Å². The van der Waals surface area contributed by atoms with E-state index in [1.54, 1.807) is 23.9 Å². The molecule has 0 aliphatic heterocycles. The third kappa shape index (κ3) is 8.12. The number of nitrogens with zero attached hydrogens (tertiary/aromatic N) is 1. The maximum Gasteiger partial charge on any atom is 0.265 e. The lowest BCUT2D eigenvalue weighted by molar-refractivity contribution is -0.119. The summed E-state index contributed by atoms with van der Waals surface area (Å²) in [5.74, 6) is 2.47. The lowest BCUT2D eigenvalue weighted by Crippen LogP contribution is -2.41. The van der Waals surface area contributed by atoms with Gasteiger partial charge in [-0.25, -0.2) is 8.42 Å². The SMILES string of the molecule is COc1ccc(OC)c(N(CC(=O)NCCCSCc2ccc(Cl)cc2)S(=O)(=O)c2ccc(OC)c(OC)c2)c1. The highest BCUT2D eigenvalue weighted by Crippen LogP contribution is 2.37. The van der Waals surface area contributed by atoms with Crippen molar-refractivity contribution in [3.8, 4) is 23.0 Å². The van der Waals surface area contributed by atoms with Crippen molar-refractivity contribution in [2.75, 3.05) is 51.6 Å². The van der Waals surface area contributed by atoms with Crippen LogP contribution in [-0.2, 0) is 20.6 Å². The van der Waals surface area contributed by atoms with Crippen molar-refractivity contribution in [2.45, 2.75) is 17.1 Å². The summed E-state index contributed by atoms with van der Waals surface area (Å²) in [4.78, 5) is 12.9. The fourth-order valence-electron chi connectivity index (χ4n) is 3.75. The minimum absolute atomic E-state index is 0.0820. The number of ether oxygens (including phenoxy) is 4. The minimum atomic E-state index is -4.25. The van der Waals surface area contributed by atoms with Crippen LogP contribution in [-0.4, -0.2) is 61.6 Å². The van der Waals surface area contributed by atoms with Crippen LogP contribution in [0.4, 0.5) is 5.69 Å². The molecule has 216 valence electrons. The van der Waals surface area contributed by atoms with Gasteiger partial charge in [-0.15, -0.1) is 0 Å². The molecule has 0 aromatic heterocycles. The number of amides is 1. The summed E-state index contributed by atoms with van der Waals surface area (Å²) in [7, 11) is 1.52. The number of carbonyl (C=O) groups excluding carboxylic acids is 1. The molecule has 0 saturated carbocycles. The molecule has 0 aliphatic carbocycles. The molecule has 0 bridgehead atoms. The summed E-state index contributed by atoms with van der Waals surface area (Å²) in [6, 6.07) is 16.7. The van der Waals surface area contributed by atoms with E-state index in [1.165, 1.54) is 58.3 Å². The fraction of sp³-hybridized carbons (Fsp3) is 0.321. The van der Waals surface area contributed by atoms with Crippen molar-refractivity contribution in [3.05, 3.63) is 71.2 Å². The van der Waals surface area contributed by atoms with Gasteiger partial charge in [0.25, 0.3) is 10.0 Å². The van der Waals surface area contributed by atoms with E-state index in [4.69, 9.17) is 30.5 Å². The standard InChI is InChI=1S/C28H33ClN2O7S2/c1-35-22-10-12-25(36-2)24(16-22)31(40(33,34)23-11-13-26(37-3)27(17-23)38-4)18-28(32)30-14-5-15-39-19-20-6-8-21(29)9-7-20/h6-13,16-17H,5,14-15,18-19H2,1-4H3,(H,30,32). The molecule has 3 aromatic carbocycles. The van der Waals surface area contributed by atoms with E-state index in [1.807, 2.05) is 24.3 Å². The fourth-order valence-corrected chi connectivity index (χ4v) is 6.24. The third-order valence-electron chi connectivity index (χ3n) is 5.85. The summed E-state index contributed by atoms with van der Waals surface area (Å²) in [5, 5.41) is 3.53. The predicted molar refractivity (Wildman–Crippen MR) is 159 cm³/mol. The van der Waals surface area contributed by atoms with E-state index in [0.29, 0.717) is 23.1 Å². The number of thioether (sulfide) groups is 1. The zero-order valence-electron chi connectivity index (χ0n) is 22.8. The molecule has 40 heavy (non-hydrogen) atoms. The summed E-state index contributed by atoms with van der Waals surface area (Å²) < 4.78 is 50.1. The van der Waals surface area contributed by atoms with Crippen LogP contribution in [0, 0.1) is 0 Å². The highest BCUT2D eigenvalue weighted by molar-refractivity contribution is 7.98. The number of benzene rings is 3. The topological polar surface area (TPSA) is 103 Å². The normalized spacial score (nSPS) is 11.0. The molecule has 1 N–H and O–H groups in total. The smallest absolute Gasteiger partial charge is 0.265 e. The molecule has 0 spiro atoms. The second kappa shape index (κ2) is 14.9. The van der Waals surface area contributed by atoms with Crippen LogP contribution in [0.25, 0.3) is 0 Å². The molecular weight excluding hydrogens is 576 g/mol. The first kappa shape index (κ1) is 31.3. The molecule has 0 aliphatic rings. The van der Waals surface area contributed by atoms with Crippen molar-refractivity contribution in [1.82, 2.24) is 5.32 Å². The molecule has 0 radical (unpaired) electrons. The summed E-state index contributed by atoms with van der Waals surface area (Å²) in [6.45, 7) is -0.0793. The number of methoxy groups -OCH3 is 4. The first-order chi connectivity index (χ1) is 19.2. The Morgan fingerprint density at radius 1 is 0.875 bits per heavy atom. The minimum Gasteiger partial charge on any atom is -0.497 e. The first-order valence-corrected chi connectivity index (χ1v) is 15.3. The highest BCUT2D eigenvalue weighted by atomic mass is 35.5. The van der Waals surface area contributed by atoms with Gasteiger partial charge in [0, 0.05) is 29.5 Å². The van der Waals surface area contributed by atoms with Crippen molar-refractivity contribution in [2.24, 2.45) is 0 Å². The van der Waals surface area contributed by atoms with E-state index in [0.717, 1.165) is 22.2 Å². The van der Waals surface area contributed by atoms with Crippen LogP contribution >= 0.6 is 23.4 Å². The first-order valence-electron chi connectivity index (χ1n) is 12.3. The van der Waals surface area contributed by atoms with E-state index in [9.17, 15) is 13.2 Å². The third-order valence-corrected chi connectivity index (χ3v) is 8.98. The lowest BCUT2D eigenvalue weighted by atomic mass is 10.2. The van der Waals surface area contributed by atoms with Crippen molar-refractivity contribution < 1.29 is 32.2 Å². The Hall–Kier alpha value is -3.28. The number of hydrogen-bond donors (Lipinski definition) is 1. The Morgan fingerprint density at radius 3 is 2.20 bits per heavy atom. The molecule has 9 nitrogen and oxygen atoms in total. The Bertz CT molecular complexity index is 1390. The Labute approximate surface area is 244 Å². The van der Waals surface area contributed by atoms with Crippen LogP contribution in [0.15, 0.2) is 65.6 Å². The molecule has 1 amide bonds. The van der Waals surface area contributed by atoms with Gasteiger partial charge in [-0.2, -0.15) is 11.8 Å². The monoisotopic (exact) mass is 608 g/mol. The quantitative estimate of drug-likeness (QED) is 0.240. The molecule has 3 rings (SSSR count). The van der Waals surface area contributed by atoms with E-state index < -0.39 is 22.5 Å². The lowest BCUT2D eigenvalue weighted by Gasteiger charge is -2.26. The Morgan fingerprint density at radius 2 is 1.55 bits per heavy atom. The summed E-state index contributed by atoms with van der Waals surface area (Å²) in [5.41, 5.74) is 1.33. The number of sulfonamides is 1. The Balaban J connectivity index is 1.76. The number of nitrogens with one attached hydrogen (secondary N) is 1. The van der Waals surface area contributed by atoms with Gasteiger partial charge in [-0.05, 0) is 54.1 Å². The molecule has 12 heteroatoms. The largest absolute Gasteiger partial charge is 0.497 e. The average molecular weight is 609 g/mol. The van der Waals surface area contributed by atoms with Crippen molar-refractivity contribution in [1.29, 1.82) is 0 Å². The van der Waals surface area contributed by atoms with Crippen LogP contribution in [0.3, 0.4) is 0 Å². The zero-order valence-corrected chi connectivity index (χ0v) is 25.2. The van der Waals surface area contributed by atoms with Gasteiger partial charge >= 0.3 is 0 Å². The number of anilines is 1. The van der Waals surface area contributed by atoms with Crippen LogP contribution in [0.1, 0.15) is 12.0 Å². The molecule has 0 unspecified atom stereocenters. The van der Waals surface area contributed by atoms with Gasteiger partial charge < -0.3 is 24.3 Å². The number of rotatable bonds is 15. The molecule has 0 saturated heterocycles. The van der Waals surface area contributed by atoms with Crippen molar-refractivity contribution in [3.63, 3.8) is 0 Å². The van der Waals surface area contributed by atoms with E-state index in [-0.39, 0.29) is 22.1 Å². The highest BCUT2D eigenvalue weighted by Gasteiger charge is 2.31. The van der Waals surface area contributed by atoms with Crippen LogP contribution < -0.4 is 28.6 Å². The molecule has 0 heterocycles. The molecule has 0 atom stereocenters. The summed E-state index contributed by atoms with van der Waals surface area (Å²) in [6.07, 6.45) is 0.717. The van der Waals surface area contributed by atoms with Gasteiger partial charge in [0.05, 0.1) is 39.0 Å². The molecule has 3 aromatic rings. The van der Waals surface area contributed by atoms with Gasteiger partial charge in [-0.1, -0.05) is 23.7 Å². The maximum atomic E-state index is 13.9.